The number of amides is 1. The number of carbonyl (C=O) groups excluding carboxylic acids is 2. The van der Waals surface area contributed by atoms with Crippen molar-refractivity contribution in [3.05, 3.63) is 95.6 Å². The third-order valence-electron chi connectivity index (χ3n) is 5.59. The average molecular weight is 459 g/mol. The number of Topliss-reactive ketones (excluding diaryl/α,β-unsaturated/α-hetero) is 1. The van der Waals surface area contributed by atoms with Gasteiger partial charge in [-0.2, -0.15) is 0 Å². The normalized spacial score (nSPS) is 17.1. The van der Waals surface area contributed by atoms with Crippen LogP contribution in [0.4, 0.5) is 0 Å². The van der Waals surface area contributed by atoms with Crippen molar-refractivity contribution in [1.29, 1.82) is 0 Å². The number of rotatable bonds is 8. The van der Waals surface area contributed by atoms with Crippen molar-refractivity contribution in [1.82, 2.24) is 4.90 Å². The maximum Gasteiger partial charge on any atom is 0.295 e. The largest absolute Gasteiger partial charge is 0.507 e. The molecular formula is C27H25NO6. The van der Waals surface area contributed by atoms with E-state index in [-0.39, 0.29) is 24.5 Å². The molecule has 1 heterocycles. The fourth-order valence-corrected chi connectivity index (χ4v) is 3.92. The molecule has 0 aliphatic carbocycles. The van der Waals surface area contributed by atoms with Crippen molar-refractivity contribution in [2.75, 3.05) is 27.4 Å². The van der Waals surface area contributed by atoms with Crippen molar-refractivity contribution >= 4 is 17.4 Å². The number of aliphatic hydroxyl groups excluding tert-OH is 1. The zero-order valence-corrected chi connectivity index (χ0v) is 18.9. The Balaban J connectivity index is 1.78. The summed E-state index contributed by atoms with van der Waals surface area (Å²) >= 11 is 0. The summed E-state index contributed by atoms with van der Waals surface area (Å²) < 4.78 is 16.3. The highest BCUT2D eigenvalue weighted by atomic mass is 16.5. The van der Waals surface area contributed by atoms with Gasteiger partial charge in [-0.1, -0.05) is 30.3 Å². The van der Waals surface area contributed by atoms with Crippen LogP contribution in [0.1, 0.15) is 17.2 Å². The Bertz CT molecular complexity index is 1200. The molecule has 1 aliphatic heterocycles. The Morgan fingerprint density at radius 1 is 0.882 bits per heavy atom. The molecule has 1 amide bonds. The van der Waals surface area contributed by atoms with E-state index in [1.165, 1.54) is 12.0 Å². The lowest BCUT2D eigenvalue weighted by Gasteiger charge is -2.25. The molecule has 1 aliphatic rings. The summed E-state index contributed by atoms with van der Waals surface area (Å²) in [6.45, 7) is 0.432. The van der Waals surface area contributed by atoms with Gasteiger partial charge in [0.1, 0.15) is 23.0 Å². The van der Waals surface area contributed by atoms with Gasteiger partial charge in [0.05, 0.1) is 25.3 Å². The molecule has 174 valence electrons. The number of ketones is 1. The minimum atomic E-state index is -0.795. The van der Waals surface area contributed by atoms with Crippen LogP contribution in [0.5, 0.6) is 17.2 Å². The summed E-state index contributed by atoms with van der Waals surface area (Å²) in [6.07, 6.45) is 0. The minimum absolute atomic E-state index is 0.0168. The Kier molecular flexibility index (Phi) is 6.94. The first-order valence-electron chi connectivity index (χ1n) is 10.8. The fourth-order valence-electron chi connectivity index (χ4n) is 3.92. The predicted molar refractivity (Wildman–Crippen MR) is 127 cm³/mol. The molecule has 1 atom stereocenters. The third-order valence-corrected chi connectivity index (χ3v) is 5.59. The van der Waals surface area contributed by atoms with E-state index in [9.17, 15) is 14.7 Å². The Morgan fingerprint density at radius 3 is 2.26 bits per heavy atom. The van der Waals surface area contributed by atoms with E-state index in [0.29, 0.717) is 28.4 Å². The van der Waals surface area contributed by atoms with Crippen molar-refractivity contribution in [2.45, 2.75) is 6.04 Å². The Morgan fingerprint density at radius 2 is 1.59 bits per heavy atom. The molecule has 0 bridgehead atoms. The zero-order valence-electron chi connectivity index (χ0n) is 18.9. The van der Waals surface area contributed by atoms with Gasteiger partial charge in [0.25, 0.3) is 11.7 Å². The van der Waals surface area contributed by atoms with Gasteiger partial charge in [0.15, 0.2) is 0 Å². The molecule has 3 aromatic rings. The number of para-hydroxylation sites is 1. The van der Waals surface area contributed by atoms with Crippen LogP contribution in [0.15, 0.2) is 84.4 Å². The molecule has 34 heavy (non-hydrogen) atoms. The molecule has 7 heteroatoms. The number of ether oxygens (including phenoxy) is 3. The maximum absolute atomic E-state index is 13.1. The number of nitrogens with zero attached hydrogens (tertiary/aromatic N) is 1. The number of likely N-dealkylation sites (tertiary alicyclic amines) is 1. The van der Waals surface area contributed by atoms with E-state index in [1.807, 2.05) is 30.3 Å². The smallest absolute Gasteiger partial charge is 0.295 e. The van der Waals surface area contributed by atoms with Crippen LogP contribution in [0.25, 0.3) is 5.76 Å². The summed E-state index contributed by atoms with van der Waals surface area (Å²) in [5.41, 5.74) is 1.06. The molecule has 1 saturated heterocycles. The van der Waals surface area contributed by atoms with Gasteiger partial charge in [-0.25, -0.2) is 0 Å². The zero-order chi connectivity index (χ0) is 24.1. The molecule has 7 nitrogen and oxygen atoms in total. The molecule has 4 rings (SSSR count). The van der Waals surface area contributed by atoms with E-state index in [0.717, 1.165) is 0 Å². The fraction of sp³-hybridized carbons (Fsp3) is 0.185. The van der Waals surface area contributed by atoms with Gasteiger partial charge in [0, 0.05) is 19.2 Å². The summed E-state index contributed by atoms with van der Waals surface area (Å²) in [5.74, 6) is 0.131. The maximum atomic E-state index is 13.1. The highest BCUT2D eigenvalue weighted by Gasteiger charge is 2.46. The molecule has 1 unspecified atom stereocenters. The lowest BCUT2D eigenvalue weighted by molar-refractivity contribution is -0.140. The molecule has 0 saturated carbocycles. The van der Waals surface area contributed by atoms with Gasteiger partial charge in [-0.15, -0.1) is 0 Å². The standard InChI is InChI=1S/C27H25NO6/c1-32-16-15-28-24(19-7-6-10-22(17-19)34-21-8-4-3-5-9-21)23(26(30)27(28)31)25(29)18-11-13-20(33-2)14-12-18/h3-14,17,24,29H,15-16H2,1-2H3. The second-order valence-electron chi connectivity index (χ2n) is 7.70. The van der Waals surface area contributed by atoms with Crippen molar-refractivity contribution in [3.8, 4) is 17.2 Å². The lowest BCUT2D eigenvalue weighted by atomic mass is 9.95. The lowest BCUT2D eigenvalue weighted by Crippen LogP contribution is -2.32. The van der Waals surface area contributed by atoms with Crippen molar-refractivity contribution in [3.63, 3.8) is 0 Å². The van der Waals surface area contributed by atoms with E-state index in [1.54, 1.807) is 55.6 Å². The second kappa shape index (κ2) is 10.2. The van der Waals surface area contributed by atoms with Gasteiger partial charge < -0.3 is 24.2 Å². The molecule has 0 aromatic heterocycles. The van der Waals surface area contributed by atoms with Gasteiger partial charge >= 0.3 is 0 Å². The van der Waals surface area contributed by atoms with Crippen LogP contribution in [-0.4, -0.2) is 49.1 Å². The Labute approximate surface area is 197 Å². The summed E-state index contributed by atoms with van der Waals surface area (Å²) in [5, 5.41) is 11.1. The van der Waals surface area contributed by atoms with Gasteiger partial charge in [-0.05, 0) is 54.1 Å². The van der Waals surface area contributed by atoms with Crippen LogP contribution in [0, 0.1) is 0 Å². The molecule has 1 N–H and O–H groups in total. The number of methoxy groups -OCH3 is 2. The van der Waals surface area contributed by atoms with E-state index >= 15 is 0 Å². The van der Waals surface area contributed by atoms with E-state index < -0.39 is 17.7 Å². The summed E-state index contributed by atoms with van der Waals surface area (Å²) in [6, 6.07) is 22.3. The number of hydrogen-bond acceptors (Lipinski definition) is 6. The van der Waals surface area contributed by atoms with Crippen LogP contribution < -0.4 is 9.47 Å². The van der Waals surface area contributed by atoms with Gasteiger partial charge in [0.2, 0.25) is 0 Å². The molecule has 0 radical (unpaired) electrons. The van der Waals surface area contributed by atoms with Crippen LogP contribution in [0.2, 0.25) is 0 Å². The first kappa shape index (κ1) is 23.1. The van der Waals surface area contributed by atoms with E-state index in [4.69, 9.17) is 14.2 Å². The quantitative estimate of drug-likeness (QED) is 0.302. The molecule has 1 fully saturated rings. The first-order chi connectivity index (χ1) is 16.5. The van der Waals surface area contributed by atoms with Crippen LogP contribution in [0.3, 0.4) is 0 Å². The summed E-state index contributed by atoms with van der Waals surface area (Å²) in [4.78, 5) is 27.4. The minimum Gasteiger partial charge on any atom is -0.507 e. The van der Waals surface area contributed by atoms with Crippen molar-refractivity contribution < 1.29 is 28.9 Å². The van der Waals surface area contributed by atoms with Crippen molar-refractivity contribution in [2.24, 2.45) is 0 Å². The highest BCUT2D eigenvalue weighted by Crippen LogP contribution is 2.40. The molecule has 3 aromatic carbocycles. The number of carbonyl (C=O) groups is 2. The van der Waals surface area contributed by atoms with Crippen LogP contribution in [-0.2, 0) is 14.3 Å². The number of hydrogen-bond donors (Lipinski definition) is 1. The van der Waals surface area contributed by atoms with Gasteiger partial charge in [-0.3, -0.25) is 9.59 Å². The number of aliphatic hydroxyl groups is 1. The second-order valence-corrected chi connectivity index (χ2v) is 7.70. The monoisotopic (exact) mass is 459 g/mol. The summed E-state index contributed by atoms with van der Waals surface area (Å²) in [7, 11) is 3.07. The Hall–Kier alpha value is -4.10. The topological polar surface area (TPSA) is 85.3 Å². The molecular weight excluding hydrogens is 434 g/mol. The first-order valence-corrected chi connectivity index (χ1v) is 10.8. The predicted octanol–water partition coefficient (Wildman–Crippen LogP) is 4.56. The van der Waals surface area contributed by atoms with E-state index in [2.05, 4.69) is 0 Å². The SMILES string of the molecule is COCCN1C(=O)C(=O)C(=C(O)c2ccc(OC)cc2)C1c1cccc(Oc2ccccc2)c1. The van der Waals surface area contributed by atoms with Crippen LogP contribution >= 0.6 is 0 Å². The molecule has 0 spiro atoms. The average Bonchev–Trinajstić information content (AvgIpc) is 3.12. The number of benzene rings is 3. The third kappa shape index (κ3) is 4.65. The highest BCUT2D eigenvalue weighted by molar-refractivity contribution is 6.46.